The number of aromatic nitrogens is 2. The normalized spacial score (nSPS) is 10.1. The first-order chi connectivity index (χ1) is 7.74. The van der Waals surface area contributed by atoms with Gasteiger partial charge in [0.1, 0.15) is 10.3 Å². The summed E-state index contributed by atoms with van der Waals surface area (Å²) < 4.78 is 0. The Morgan fingerprint density at radius 2 is 1.62 bits per heavy atom. The van der Waals surface area contributed by atoms with Gasteiger partial charge in [0.2, 0.25) is 0 Å². The van der Waals surface area contributed by atoms with E-state index in [1.807, 2.05) is 12.1 Å². The fourth-order valence-electron chi connectivity index (χ4n) is 1.20. The van der Waals surface area contributed by atoms with E-state index in [2.05, 4.69) is 15.3 Å². The Kier molecular flexibility index (Phi) is 3.59. The van der Waals surface area contributed by atoms with E-state index in [9.17, 15) is 0 Å². The summed E-state index contributed by atoms with van der Waals surface area (Å²) in [5, 5.41) is 4.19. The van der Waals surface area contributed by atoms with Gasteiger partial charge in [-0.1, -0.05) is 29.3 Å². The number of nitrogens with one attached hydrogen (secondary N) is 1. The van der Waals surface area contributed by atoms with Crippen LogP contribution in [0.4, 0.5) is 5.69 Å². The van der Waals surface area contributed by atoms with Crippen LogP contribution in [0.3, 0.4) is 0 Å². The summed E-state index contributed by atoms with van der Waals surface area (Å²) in [7, 11) is 0. The molecule has 0 aromatic carbocycles. The van der Waals surface area contributed by atoms with E-state index < -0.39 is 0 Å². The van der Waals surface area contributed by atoms with Gasteiger partial charge in [-0.05, 0) is 23.8 Å². The quantitative estimate of drug-likeness (QED) is 0.853. The predicted molar refractivity (Wildman–Crippen MR) is 65.8 cm³/mol. The molecule has 0 aliphatic heterocycles. The maximum Gasteiger partial charge on any atom is 0.129 e. The maximum atomic E-state index is 5.69. The number of hydrogen-bond acceptors (Lipinski definition) is 3. The fraction of sp³-hybridized carbons (Fsp3) is 0.0909. The van der Waals surface area contributed by atoms with Crippen molar-refractivity contribution < 1.29 is 0 Å². The number of hydrogen-bond donors (Lipinski definition) is 1. The topological polar surface area (TPSA) is 37.8 Å². The van der Waals surface area contributed by atoms with E-state index in [0.717, 1.165) is 11.3 Å². The lowest BCUT2D eigenvalue weighted by Crippen LogP contribution is -1.99. The second-order valence-corrected chi connectivity index (χ2v) is 3.99. The summed E-state index contributed by atoms with van der Waals surface area (Å²) in [5.74, 6) is 0. The second-order valence-electron chi connectivity index (χ2n) is 3.21. The molecule has 82 valence electrons. The highest BCUT2D eigenvalue weighted by Crippen LogP contribution is 2.11. The van der Waals surface area contributed by atoms with Gasteiger partial charge >= 0.3 is 0 Å². The first kappa shape index (κ1) is 11.2. The number of anilines is 1. The van der Waals surface area contributed by atoms with Gasteiger partial charge in [0, 0.05) is 12.7 Å². The van der Waals surface area contributed by atoms with Gasteiger partial charge in [0.25, 0.3) is 0 Å². The molecule has 0 aliphatic carbocycles. The molecule has 2 aromatic rings. The highest BCUT2D eigenvalue weighted by molar-refractivity contribution is 6.29. The Balaban J connectivity index is 1.97. The largest absolute Gasteiger partial charge is 0.380 e. The average Bonchev–Trinajstić information content (AvgIpc) is 2.30. The summed E-state index contributed by atoms with van der Waals surface area (Å²) in [6.45, 7) is 0.674. The molecule has 0 saturated heterocycles. The first-order valence-corrected chi connectivity index (χ1v) is 5.45. The van der Waals surface area contributed by atoms with Gasteiger partial charge in [0.05, 0.1) is 11.9 Å². The minimum Gasteiger partial charge on any atom is -0.380 e. The Hall–Kier alpha value is -1.32. The van der Waals surface area contributed by atoms with Gasteiger partial charge in [0.15, 0.2) is 0 Å². The number of halogens is 2. The Morgan fingerprint density at radius 3 is 2.19 bits per heavy atom. The van der Waals surface area contributed by atoms with E-state index in [0.29, 0.717) is 16.9 Å². The zero-order chi connectivity index (χ0) is 11.4. The van der Waals surface area contributed by atoms with Crippen molar-refractivity contribution in [1.82, 2.24) is 9.97 Å². The van der Waals surface area contributed by atoms with Crippen LogP contribution in [0.2, 0.25) is 10.3 Å². The van der Waals surface area contributed by atoms with Crippen molar-refractivity contribution >= 4 is 28.9 Å². The minimum absolute atomic E-state index is 0.485. The third kappa shape index (κ3) is 3.08. The maximum absolute atomic E-state index is 5.69. The summed E-state index contributed by atoms with van der Waals surface area (Å²) in [6.07, 6.45) is 3.42. The van der Waals surface area contributed by atoms with Crippen LogP contribution in [0.5, 0.6) is 0 Å². The van der Waals surface area contributed by atoms with E-state index in [1.165, 1.54) is 0 Å². The molecule has 0 radical (unpaired) electrons. The van der Waals surface area contributed by atoms with Crippen molar-refractivity contribution in [3.63, 3.8) is 0 Å². The molecule has 3 nitrogen and oxygen atoms in total. The molecule has 0 saturated carbocycles. The summed E-state index contributed by atoms with van der Waals surface area (Å²) >= 11 is 11.4. The molecule has 0 unspecified atom stereocenters. The molecular weight excluding hydrogens is 245 g/mol. The Bertz CT molecular complexity index is 408. The van der Waals surface area contributed by atoms with Crippen LogP contribution < -0.4 is 5.32 Å². The molecule has 5 heteroatoms. The molecule has 0 amide bonds. The molecule has 2 aromatic heterocycles. The van der Waals surface area contributed by atoms with Crippen LogP contribution in [0, 0.1) is 0 Å². The number of rotatable bonds is 3. The second kappa shape index (κ2) is 5.14. The van der Waals surface area contributed by atoms with E-state index >= 15 is 0 Å². The lowest BCUT2D eigenvalue weighted by Gasteiger charge is -2.05. The summed E-state index contributed by atoms with van der Waals surface area (Å²) in [5.41, 5.74) is 1.97. The lowest BCUT2D eigenvalue weighted by molar-refractivity contribution is 1.11. The smallest absolute Gasteiger partial charge is 0.129 e. The van der Waals surface area contributed by atoms with Gasteiger partial charge in [-0.3, -0.25) is 0 Å². The number of nitrogens with zero attached hydrogens (tertiary/aromatic N) is 2. The van der Waals surface area contributed by atoms with Crippen molar-refractivity contribution in [1.29, 1.82) is 0 Å². The first-order valence-electron chi connectivity index (χ1n) is 4.70. The zero-order valence-electron chi connectivity index (χ0n) is 8.32. The molecule has 16 heavy (non-hydrogen) atoms. The highest BCUT2D eigenvalue weighted by atomic mass is 35.5. The molecule has 2 rings (SSSR count). The number of pyridine rings is 2. The third-order valence-electron chi connectivity index (χ3n) is 2.01. The van der Waals surface area contributed by atoms with Crippen molar-refractivity contribution in [2.75, 3.05) is 5.32 Å². The van der Waals surface area contributed by atoms with Crippen LogP contribution >= 0.6 is 23.2 Å². The van der Waals surface area contributed by atoms with Crippen LogP contribution in [0.1, 0.15) is 5.56 Å². The molecule has 1 N–H and O–H groups in total. The molecule has 0 fully saturated rings. The zero-order valence-corrected chi connectivity index (χ0v) is 9.83. The predicted octanol–water partition coefficient (Wildman–Crippen LogP) is 3.40. The molecule has 0 aliphatic rings. The lowest BCUT2D eigenvalue weighted by atomic mass is 10.3. The standard InChI is InChI=1S/C11H9Cl2N3/c12-10-3-1-8(6-15-10)5-14-9-2-4-11(13)16-7-9/h1-4,6-7,14H,5H2. The van der Waals surface area contributed by atoms with Crippen molar-refractivity contribution in [3.8, 4) is 0 Å². The van der Waals surface area contributed by atoms with Gasteiger partial charge in [-0.2, -0.15) is 0 Å². The van der Waals surface area contributed by atoms with Crippen LogP contribution in [0.15, 0.2) is 36.7 Å². The molecular formula is C11H9Cl2N3. The Morgan fingerprint density at radius 1 is 0.938 bits per heavy atom. The molecule has 0 bridgehead atoms. The van der Waals surface area contributed by atoms with Crippen molar-refractivity contribution in [3.05, 3.63) is 52.5 Å². The highest BCUT2D eigenvalue weighted by Gasteiger charge is 1.96. The Labute approximate surface area is 103 Å². The van der Waals surface area contributed by atoms with Crippen LogP contribution in [0.25, 0.3) is 0 Å². The van der Waals surface area contributed by atoms with Gasteiger partial charge < -0.3 is 5.32 Å². The SMILES string of the molecule is Clc1ccc(CNc2ccc(Cl)nc2)cn1. The minimum atomic E-state index is 0.485. The van der Waals surface area contributed by atoms with Crippen LogP contribution in [-0.4, -0.2) is 9.97 Å². The van der Waals surface area contributed by atoms with Gasteiger partial charge in [-0.25, -0.2) is 9.97 Å². The van der Waals surface area contributed by atoms with Crippen molar-refractivity contribution in [2.24, 2.45) is 0 Å². The van der Waals surface area contributed by atoms with Gasteiger partial charge in [-0.15, -0.1) is 0 Å². The summed E-state index contributed by atoms with van der Waals surface area (Å²) in [4.78, 5) is 7.97. The van der Waals surface area contributed by atoms with Crippen LogP contribution in [-0.2, 0) is 6.54 Å². The van der Waals surface area contributed by atoms with E-state index in [-0.39, 0.29) is 0 Å². The third-order valence-corrected chi connectivity index (χ3v) is 2.46. The molecule has 2 heterocycles. The van der Waals surface area contributed by atoms with E-state index in [4.69, 9.17) is 23.2 Å². The summed E-state index contributed by atoms with van der Waals surface area (Å²) in [6, 6.07) is 7.30. The fourth-order valence-corrected chi connectivity index (χ4v) is 1.42. The van der Waals surface area contributed by atoms with E-state index in [1.54, 1.807) is 24.5 Å². The molecule has 0 atom stereocenters. The molecule has 0 spiro atoms. The average molecular weight is 254 g/mol. The monoisotopic (exact) mass is 253 g/mol. The van der Waals surface area contributed by atoms with Crippen molar-refractivity contribution in [2.45, 2.75) is 6.54 Å².